The maximum absolute atomic E-state index is 12.5. The molecular formula is C21H18O3. The van der Waals surface area contributed by atoms with Gasteiger partial charge in [0.25, 0.3) is 0 Å². The lowest BCUT2D eigenvalue weighted by Crippen LogP contribution is -2.30. The lowest BCUT2D eigenvalue weighted by molar-refractivity contribution is -0.117. The predicted octanol–water partition coefficient (Wildman–Crippen LogP) is 3.70. The second-order valence-electron chi connectivity index (χ2n) is 6.40. The third kappa shape index (κ3) is 2.59. The van der Waals surface area contributed by atoms with Crippen molar-refractivity contribution in [2.75, 3.05) is 0 Å². The predicted molar refractivity (Wildman–Crippen MR) is 89.7 cm³/mol. The number of carbonyl (C=O) groups is 2. The van der Waals surface area contributed by atoms with E-state index in [2.05, 4.69) is 11.8 Å². The number of benzene rings is 1. The molecule has 0 saturated carbocycles. The Balaban J connectivity index is 1.81. The summed E-state index contributed by atoms with van der Waals surface area (Å²) in [6.45, 7) is 0. The molecule has 0 spiro atoms. The third-order valence-electron chi connectivity index (χ3n) is 4.78. The highest BCUT2D eigenvalue weighted by molar-refractivity contribution is 6.05. The molecule has 0 aromatic heterocycles. The molecule has 120 valence electrons. The van der Waals surface area contributed by atoms with Gasteiger partial charge in [0.1, 0.15) is 11.5 Å². The van der Waals surface area contributed by atoms with Crippen LogP contribution in [0.25, 0.3) is 0 Å². The van der Waals surface area contributed by atoms with Crippen molar-refractivity contribution in [3.8, 4) is 11.8 Å². The van der Waals surface area contributed by atoms with E-state index in [1.807, 2.05) is 30.3 Å². The second kappa shape index (κ2) is 6.13. The summed E-state index contributed by atoms with van der Waals surface area (Å²) >= 11 is 0. The van der Waals surface area contributed by atoms with Crippen molar-refractivity contribution >= 4 is 11.6 Å². The molecule has 4 rings (SSSR count). The van der Waals surface area contributed by atoms with Crippen LogP contribution in [-0.2, 0) is 14.3 Å². The van der Waals surface area contributed by atoms with Crippen molar-refractivity contribution in [3.63, 3.8) is 0 Å². The molecule has 3 aliphatic rings. The highest BCUT2D eigenvalue weighted by atomic mass is 16.5. The van der Waals surface area contributed by atoms with E-state index in [4.69, 9.17) is 4.74 Å². The van der Waals surface area contributed by atoms with E-state index in [9.17, 15) is 9.59 Å². The first-order valence-corrected chi connectivity index (χ1v) is 8.51. The SMILES string of the molecule is O=C1CCCC2=C1C(C#Cc1ccccc1)C1=C(CCCC1=O)O2. The van der Waals surface area contributed by atoms with Gasteiger partial charge in [0.15, 0.2) is 11.6 Å². The van der Waals surface area contributed by atoms with Gasteiger partial charge in [-0.1, -0.05) is 30.0 Å². The number of hydrogen-bond donors (Lipinski definition) is 0. The van der Waals surface area contributed by atoms with Crippen LogP contribution in [0.4, 0.5) is 0 Å². The first kappa shape index (κ1) is 15.0. The van der Waals surface area contributed by atoms with Crippen molar-refractivity contribution in [1.82, 2.24) is 0 Å². The van der Waals surface area contributed by atoms with Gasteiger partial charge in [-0.05, 0) is 25.0 Å². The first-order chi connectivity index (χ1) is 11.7. The Morgan fingerprint density at radius 1 is 0.833 bits per heavy atom. The van der Waals surface area contributed by atoms with E-state index in [1.54, 1.807) is 0 Å². The summed E-state index contributed by atoms with van der Waals surface area (Å²) in [6.07, 6.45) is 4.18. The maximum atomic E-state index is 12.5. The van der Waals surface area contributed by atoms with Crippen LogP contribution in [0.2, 0.25) is 0 Å². The molecule has 1 aromatic carbocycles. The van der Waals surface area contributed by atoms with E-state index < -0.39 is 5.92 Å². The summed E-state index contributed by atoms with van der Waals surface area (Å²) in [5.74, 6) is 7.57. The number of ketones is 2. The lowest BCUT2D eigenvalue weighted by atomic mass is 9.76. The largest absolute Gasteiger partial charge is 0.465 e. The number of Topliss-reactive ketones (excluding diaryl/α,β-unsaturated/α-hetero) is 2. The minimum absolute atomic E-state index is 0.0773. The highest BCUT2D eigenvalue weighted by Crippen LogP contribution is 2.42. The standard InChI is InChI=1S/C21H18O3/c22-16-8-4-10-18-20(16)15(13-12-14-6-2-1-3-7-14)21-17(23)9-5-11-19(21)24-18/h1-3,6-7,15H,4-5,8-11H2. The van der Waals surface area contributed by atoms with Gasteiger partial charge in [-0.2, -0.15) is 0 Å². The van der Waals surface area contributed by atoms with Crippen LogP contribution in [0.5, 0.6) is 0 Å². The van der Waals surface area contributed by atoms with E-state index >= 15 is 0 Å². The summed E-state index contributed by atoms with van der Waals surface area (Å²) in [5.41, 5.74) is 2.14. The summed E-state index contributed by atoms with van der Waals surface area (Å²) in [6, 6.07) is 9.67. The number of hydrogen-bond acceptors (Lipinski definition) is 3. The smallest absolute Gasteiger partial charge is 0.163 e. The first-order valence-electron chi connectivity index (χ1n) is 8.51. The second-order valence-corrected chi connectivity index (χ2v) is 6.40. The molecule has 0 bridgehead atoms. The molecule has 1 aliphatic heterocycles. The topological polar surface area (TPSA) is 43.4 Å². The molecule has 1 heterocycles. The zero-order valence-electron chi connectivity index (χ0n) is 13.4. The average molecular weight is 318 g/mol. The minimum atomic E-state index is -0.426. The van der Waals surface area contributed by atoms with E-state index in [0.29, 0.717) is 24.0 Å². The normalized spacial score (nSPS) is 20.8. The highest BCUT2D eigenvalue weighted by Gasteiger charge is 2.40. The summed E-state index contributed by atoms with van der Waals surface area (Å²) in [7, 11) is 0. The molecule has 0 unspecified atom stereocenters. The molecule has 2 aliphatic carbocycles. The number of allylic oxidation sites excluding steroid dienone is 4. The molecular weight excluding hydrogens is 300 g/mol. The van der Waals surface area contributed by atoms with Gasteiger partial charge in [-0.25, -0.2) is 0 Å². The molecule has 0 fully saturated rings. The molecule has 3 nitrogen and oxygen atoms in total. The number of rotatable bonds is 0. The van der Waals surface area contributed by atoms with Crippen molar-refractivity contribution in [2.45, 2.75) is 38.5 Å². The zero-order valence-corrected chi connectivity index (χ0v) is 13.4. The minimum Gasteiger partial charge on any atom is -0.465 e. The average Bonchev–Trinajstić information content (AvgIpc) is 2.60. The fraction of sp³-hybridized carbons (Fsp3) is 0.333. The summed E-state index contributed by atoms with van der Waals surface area (Å²) in [4.78, 5) is 25.0. The van der Waals surface area contributed by atoms with Gasteiger partial charge in [0.2, 0.25) is 0 Å². The number of ether oxygens (including phenoxy) is 1. The van der Waals surface area contributed by atoms with E-state index in [0.717, 1.165) is 42.8 Å². The fourth-order valence-corrected chi connectivity index (χ4v) is 3.64. The monoisotopic (exact) mass is 318 g/mol. The Kier molecular flexibility index (Phi) is 3.82. The Morgan fingerprint density at radius 3 is 2.00 bits per heavy atom. The quantitative estimate of drug-likeness (QED) is 0.685. The molecule has 0 N–H and O–H groups in total. The van der Waals surface area contributed by atoms with Gasteiger partial charge in [0.05, 0.1) is 17.1 Å². The van der Waals surface area contributed by atoms with Crippen LogP contribution < -0.4 is 0 Å². The zero-order chi connectivity index (χ0) is 16.5. The molecule has 24 heavy (non-hydrogen) atoms. The van der Waals surface area contributed by atoms with E-state index in [-0.39, 0.29) is 11.6 Å². The van der Waals surface area contributed by atoms with Crippen molar-refractivity contribution in [1.29, 1.82) is 0 Å². The Bertz CT molecular complexity index is 789. The molecule has 0 amide bonds. The molecule has 3 heteroatoms. The molecule has 0 radical (unpaired) electrons. The van der Waals surface area contributed by atoms with Crippen LogP contribution in [0.1, 0.15) is 44.1 Å². The Labute approximate surface area is 141 Å². The third-order valence-corrected chi connectivity index (χ3v) is 4.78. The summed E-state index contributed by atoms with van der Waals surface area (Å²) in [5, 5.41) is 0. The van der Waals surface area contributed by atoms with Crippen molar-refractivity contribution in [2.24, 2.45) is 5.92 Å². The van der Waals surface area contributed by atoms with Crippen LogP contribution in [-0.4, -0.2) is 11.6 Å². The van der Waals surface area contributed by atoms with Crippen LogP contribution >= 0.6 is 0 Å². The van der Waals surface area contributed by atoms with Crippen molar-refractivity contribution in [3.05, 3.63) is 58.6 Å². The fourth-order valence-electron chi connectivity index (χ4n) is 3.64. The maximum Gasteiger partial charge on any atom is 0.163 e. The lowest BCUT2D eigenvalue weighted by Gasteiger charge is -2.33. The number of carbonyl (C=O) groups excluding carboxylic acids is 2. The van der Waals surface area contributed by atoms with Crippen molar-refractivity contribution < 1.29 is 14.3 Å². The summed E-state index contributed by atoms with van der Waals surface area (Å²) < 4.78 is 5.97. The van der Waals surface area contributed by atoms with Gasteiger partial charge >= 0.3 is 0 Å². The van der Waals surface area contributed by atoms with E-state index in [1.165, 1.54) is 0 Å². The Morgan fingerprint density at radius 2 is 1.42 bits per heavy atom. The molecule has 0 atom stereocenters. The van der Waals surface area contributed by atoms with Crippen LogP contribution in [0, 0.1) is 17.8 Å². The molecule has 1 aromatic rings. The molecule has 0 saturated heterocycles. The van der Waals surface area contributed by atoms with Gasteiger partial charge in [0, 0.05) is 31.2 Å². The van der Waals surface area contributed by atoms with Crippen LogP contribution in [0.15, 0.2) is 53.0 Å². The Hall–Kier alpha value is -2.60. The van der Waals surface area contributed by atoms with Gasteiger partial charge in [-0.15, -0.1) is 0 Å². The van der Waals surface area contributed by atoms with Crippen LogP contribution in [0.3, 0.4) is 0 Å². The van der Waals surface area contributed by atoms with Gasteiger partial charge < -0.3 is 4.74 Å². The van der Waals surface area contributed by atoms with Gasteiger partial charge in [-0.3, -0.25) is 9.59 Å².